The van der Waals surface area contributed by atoms with Crippen molar-refractivity contribution in [3.8, 4) is 0 Å². The molecule has 4 nitrogen and oxygen atoms in total. The van der Waals surface area contributed by atoms with Gasteiger partial charge >= 0.3 is 0 Å². The van der Waals surface area contributed by atoms with Gasteiger partial charge in [-0.05, 0) is 44.2 Å². The summed E-state index contributed by atoms with van der Waals surface area (Å²) in [6.45, 7) is 8.13. The summed E-state index contributed by atoms with van der Waals surface area (Å²) in [4.78, 5) is 23.4. The van der Waals surface area contributed by atoms with Gasteiger partial charge in [-0.2, -0.15) is 0 Å². The first kappa shape index (κ1) is 18.4. The number of rotatable bonds is 3. The van der Waals surface area contributed by atoms with Crippen LogP contribution in [-0.2, 0) is 6.54 Å². The summed E-state index contributed by atoms with van der Waals surface area (Å²) in [5.41, 5.74) is 3.67. The Hall–Kier alpha value is -1.95. The molecule has 27 heavy (non-hydrogen) atoms. The summed E-state index contributed by atoms with van der Waals surface area (Å²) >= 11 is 7.65. The van der Waals surface area contributed by atoms with Gasteiger partial charge in [0, 0.05) is 48.7 Å². The van der Waals surface area contributed by atoms with Crippen LogP contribution in [0.3, 0.4) is 0 Å². The van der Waals surface area contributed by atoms with Crippen molar-refractivity contribution in [1.29, 1.82) is 0 Å². The zero-order valence-electron chi connectivity index (χ0n) is 15.5. The third kappa shape index (κ3) is 4.00. The van der Waals surface area contributed by atoms with Gasteiger partial charge in [-0.1, -0.05) is 23.2 Å². The van der Waals surface area contributed by atoms with Crippen molar-refractivity contribution in [2.75, 3.05) is 26.2 Å². The molecule has 0 radical (unpaired) electrons. The third-order valence-electron chi connectivity index (χ3n) is 4.99. The number of aromatic nitrogens is 1. The number of nitrogens with zero attached hydrogens (tertiary/aromatic N) is 3. The smallest absolute Gasteiger partial charge is 0.254 e. The number of piperazine rings is 1. The highest BCUT2D eigenvalue weighted by molar-refractivity contribution is 7.16. The second-order valence-corrected chi connectivity index (χ2v) is 8.91. The Morgan fingerprint density at radius 3 is 2.59 bits per heavy atom. The molecule has 1 saturated heterocycles. The molecule has 6 heteroatoms. The third-order valence-corrected chi connectivity index (χ3v) is 6.21. The van der Waals surface area contributed by atoms with E-state index < -0.39 is 0 Å². The van der Waals surface area contributed by atoms with E-state index in [4.69, 9.17) is 11.6 Å². The molecule has 0 atom stereocenters. The number of thiophene rings is 1. The number of fused-ring (bicyclic) bond motifs is 1. The van der Waals surface area contributed by atoms with Gasteiger partial charge in [-0.3, -0.25) is 14.7 Å². The Labute approximate surface area is 168 Å². The minimum absolute atomic E-state index is 0.106. The molecule has 1 amide bonds. The van der Waals surface area contributed by atoms with E-state index in [0.29, 0.717) is 0 Å². The Balaban J connectivity index is 1.49. The van der Waals surface area contributed by atoms with E-state index in [0.717, 1.165) is 64.8 Å². The number of carbonyl (C=O) groups excluding carboxylic acids is 1. The highest BCUT2D eigenvalue weighted by atomic mass is 35.5. The van der Waals surface area contributed by atoms with Crippen molar-refractivity contribution >= 4 is 39.7 Å². The maximum atomic E-state index is 13.2. The molecule has 1 aliphatic heterocycles. The first-order valence-corrected chi connectivity index (χ1v) is 10.3. The number of amides is 1. The second kappa shape index (κ2) is 7.58. The fourth-order valence-electron chi connectivity index (χ4n) is 3.59. The SMILES string of the molecule is Cc1ccc2nc(C)cc(C(=O)N3CCN(Cc4ccc(Cl)s4)CC3)c2c1. The largest absolute Gasteiger partial charge is 0.336 e. The molecule has 0 saturated carbocycles. The van der Waals surface area contributed by atoms with E-state index in [1.54, 1.807) is 11.3 Å². The predicted octanol–water partition coefficient (Wildman–Crippen LogP) is 4.52. The Morgan fingerprint density at radius 1 is 1.11 bits per heavy atom. The van der Waals surface area contributed by atoms with Gasteiger partial charge in [0.25, 0.3) is 5.91 Å². The van der Waals surface area contributed by atoms with Gasteiger partial charge in [0.2, 0.25) is 0 Å². The number of hydrogen-bond acceptors (Lipinski definition) is 4. The molecule has 0 spiro atoms. The number of hydrogen-bond donors (Lipinski definition) is 0. The Morgan fingerprint density at radius 2 is 1.89 bits per heavy atom. The van der Waals surface area contributed by atoms with Crippen LogP contribution in [0.25, 0.3) is 10.9 Å². The van der Waals surface area contributed by atoms with E-state index >= 15 is 0 Å². The molecule has 0 bridgehead atoms. The van der Waals surface area contributed by atoms with Gasteiger partial charge in [0.15, 0.2) is 0 Å². The van der Waals surface area contributed by atoms with Gasteiger partial charge in [0.1, 0.15) is 0 Å². The van der Waals surface area contributed by atoms with E-state index in [-0.39, 0.29) is 5.91 Å². The van der Waals surface area contributed by atoms with E-state index in [1.165, 1.54) is 4.88 Å². The maximum Gasteiger partial charge on any atom is 0.254 e. The summed E-state index contributed by atoms with van der Waals surface area (Å²) < 4.78 is 0.828. The highest BCUT2D eigenvalue weighted by Gasteiger charge is 2.24. The van der Waals surface area contributed by atoms with E-state index in [2.05, 4.69) is 22.0 Å². The van der Waals surface area contributed by atoms with Crippen LogP contribution in [0.2, 0.25) is 4.34 Å². The minimum Gasteiger partial charge on any atom is -0.336 e. The maximum absolute atomic E-state index is 13.2. The fraction of sp³-hybridized carbons (Fsp3) is 0.333. The summed E-state index contributed by atoms with van der Waals surface area (Å²) in [6.07, 6.45) is 0. The van der Waals surface area contributed by atoms with Crippen LogP contribution in [0.4, 0.5) is 0 Å². The van der Waals surface area contributed by atoms with Crippen molar-refractivity contribution in [3.05, 3.63) is 62.4 Å². The molecule has 3 aromatic rings. The Kier molecular flexibility index (Phi) is 5.17. The van der Waals surface area contributed by atoms with Gasteiger partial charge in [-0.15, -0.1) is 11.3 Å². The van der Waals surface area contributed by atoms with E-state index in [9.17, 15) is 4.79 Å². The van der Waals surface area contributed by atoms with E-state index in [1.807, 2.05) is 43.0 Å². The number of benzene rings is 1. The average Bonchev–Trinajstić information content (AvgIpc) is 3.06. The molecule has 3 heterocycles. The molecule has 1 aromatic carbocycles. The number of carbonyl (C=O) groups is 1. The van der Waals surface area contributed by atoms with Crippen molar-refractivity contribution in [3.63, 3.8) is 0 Å². The highest BCUT2D eigenvalue weighted by Crippen LogP contribution is 2.24. The second-order valence-electron chi connectivity index (χ2n) is 7.11. The molecule has 2 aromatic heterocycles. The average molecular weight is 400 g/mol. The van der Waals surface area contributed by atoms with Crippen LogP contribution in [0.15, 0.2) is 36.4 Å². The van der Waals surface area contributed by atoms with Gasteiger partial charge in [-0.25, -0.2) is 0 Å². The van der Waals surface area contributed by atoms with Crippen LogP contribution >= 0.6 is 22.9 Å². The summed E-state index contributed by atoms with van der Waals surface area (Å²) in [5, 5.41) is 0.946. The minimum atomic E-state index is 0.106. The first-order valence-electron chi connectivity index (χ1n) is 9.13. The zero-order valence-corrected chi connectivity index (χ0v) is 17.1. The van der Waals surface area contributed by atoms with Crippen molar-refractivity contribution < 1.29 is 4.79 Å². The lowest BCUT2D eigenvalue weighted by Crippen LogP contribution is -2.48. The van der Waals surface area contributed by atoms with Gasteiger partial charge < -0.3 is 4.90 Å². The van der Waals surface area contributed by atoms with Crippen LogP contribution in [0.1, 0.15) is 26.5 Å². The number of halogens is 1. The molecule has 140 valence electrons. The van der Waals surface area contributed by atoms with Crippen molar-refractivity contribution in [1.82, 2.24) is 14.8 Å². The zero-order chi connectivity index (χ0) is 19.0. The van der Waals surface area contributed by atoms with Crippen LogP contribution in [0.5, 0.6) is 0 Å². The number of aryl methyl sites for hydroxylation is 2. The lowest BCUT2D eigenvalue weighted by atomic mass is 10.0. The summed E-state index contributed by atoms with van der Waals surface area (Å²) in [5.74, 6) is 0.106. The summed E-state index contributed by atoms with van der Waals surface area (Å²) in [6, 6.07) is 12.0. The van der Waals surface area contributed by atoms with Crippen molar-refractivity contribution in [2.45, 2.75) is 20.4 Å². The molecular weight excluding hydrogens is 378 g/mol. The van der Waals surface area contributed by atoms with Crippen LogP contribution in [0, 0.1) is 13.8 Å². The molecule has 0 aliphatic carbocycles. The molecule has 0 unspecified atom stereocenters. The molecular formula is C21H22ClN3OS. The fourth-order valence-corrected chi connectivity index (χ4v) is 4.72. The molecule has 1 fully saturated rings. The van der Waals surface area contributed by atoms with Gasteiger partial charge in [0.05, 0.1) is 15.4 Å². The topological polar surface area (TPSA) is 36.4 Å². The standard InChI is InChI=1S/C21H22ClN3OS/c1-14-3-5-19-17(11-14)18(12-15(2)23-19)21(26)25-9-7-24(8-10-25)13-16-4-6-20(22)27-16/h3-6,11-12H,7-10,13H2,1-2H3. The van der Waals surface area contributed by atoms with Crippen molar-refractivity contribution in [2.24, 2.45) is 0 Å². The van der Waals surface area contributed by atoms with Crippen LogP contribution in [-0.4, -0.2) is 46.9 Å². The van der Waals surface area contributed by atoms with Crippen LogP contribution < -0.4 is 0 Å². The monoisotopic (exact) mass is 399 g/mol. The molecule has 1 aliphatic rings. The molecule has 4 rings (SSSR count). The lowest BCUT2D eigenvalue weighted by molar-refractivity contribution is 0.0631. The number of pyridine rings is 1. The summed E-state index contributed by atoms with van der Waals surface area (Å²) in [7, 11) is 0. The predicted molar refractivity (Wildman–Crippen MR) is 112 cm³/mol. The first-order chi connectivity index (χ1) is 13.0. The lowest BCUT2D eigenvalue weighted by Gasteiger charge is -2.34. The Bertz CT molecular complexity index is 992. The quantitative estimate of drug-likeness (QED) is 0.649. The normalized spacial score (nSPS) is 15.4. The molecule has 0 N–H and O–H groups in total.